The number of aliphatic hydroxyl groups excluding tert-OH is 1. The summed E-state index contributed by atoms with van der Waals surface area (Å²) >= 11 is 2.92. The van der Waals surface area contributed by atoms with Gasteiger partial charge in [0.2, 0.25) is 0 Å². The van der Waals surface area contributed by atoms with E-state index in [0.29, 0.717) is 21.2 Å². The monoisotopic (exact) mass is 490 g/mol. The third-order valence-corrected chi connectivity index (χ3v) is 8.49. The second-order valence-corrected chi connectivity index (χ2v) is 10.9. The van der Waals surface area contributed by atoms with Gasteiger partial charge in [-0.05, 0) is 42.1 Å². The van der Waals surface area contributed by atoms with Crippen molar-refractivity contribution in [2.75, 3.05) is 11.5 Å². The number of benzene rings is 2. The second-order valence-electron chi connectivity index (χ2n) is 7.48. The first kappa shape index (κ1) is 23.4. The number of nitrogens with zero attached hydrogens (tertiary/aromatic N) is 2. The van der Waals surface area contributed by atoms with Gasteiger partial charge < -0.3 is 5.11 Å². The van der Waals surface area contributed by atoms with Crippen molar-refractivity contribution < 1.29 is 9.32 Å². The van der Waals surface area contributed by atoms with E-state index in [9.17, 15) is 14.6 Å². The Morgan fingerprint density at radius 2 is 1.88 bits per heavy atom. The number of thioether (sulfide) groups is 1. The van der Waals surface area contributed by atoms with Crippen LogP contribution in [-0.4, -0.2) is 31.9 Å². The van der Waals surface area contributed by atoms with Gasteiger partial charge in [0.1, 0.15) is 11.1 Å². The van der Waals surface area contributed by atoms with Crippen LogP contribution >= 0.6 is 23.1 Å². The molecule has 2 atom stereocenters. The van der Waals surface area contributed by atoms with Crippen molar-refractivity contribution in [3.8, 4) is 27.8 Å². The summed E-state index contributed by atoms with van der Waals surface area (Å²) in [5.74, 6) is 0.426. The van der Waals surface area contributed by atoms with Crippen molar-refractivity contribution in [2.24, 2.45) is 0 Å². The quantitative estimate of drug-likeness (QED) is 0.311. The zero-order valence-corrected chi connectivity index (χ0v) is 20.4. The van der Waals surface area contributed by atoms with Crippen molar-refractivity contribution in [2.45, 2.75) is 22.9 Å². The maximum atomic E-state index is 12.6. The van der Waals surface area contributed by atoms with Crippen LogP contribution in [0.3, 0.4) is 0 Å². The number of aliphatic hydroxyl groups is 1. The molecule has 166 valence electrons. The first-order chi connectivity index (χ1) is 16.0. The smallest absolute Gasteiger partial charge is 0.115 e. The number of nitriles is 1. The highest BCUT2D eigenvalue weighted by molar-refractivity contribution is 7.99. The molecule has 1 N–H and O–H groups in total. The summed E-state index contributed by atoms with van der Waals surface area (Å²) in [6.07, 6.45) is -0.795. The van der Waals surface area contributed by atoms with Crippen molar-refractivity contribution in [1.29, 1.82) is 5.26 Å². The molecule has 0 saturated heterocycles. The Hall–Kier alpha value is -2.76. The first-order valence-corrected chi connectivity index (χ1v) is 13.5. The molecule has 2 aromatic carbocycles. The highest BCUT2D eigenvalue weighted by atomic mass is 32.2. The maximum absolute atomic E-state index is 12.6. The van der Waals surface area contributed by atoms with Gasteiger partial charge in [-0.2, -0.15) is 5.26 Å². The molecule has 0 aliphatic heterocycles. The summed E-state index contributed by atoms with van der Waals surface area (Å²) in [5.41, 5.74) is 4.14. The molecule has 0 aliphatic rings. The normalized spacial score (nSPS) is 12.8. The minimum absolute atomic E-state index is 0.133. The first-order valence-electron chi connectivity index (χ1n) is 10.4. The Labute approximate surface area is 204 Å². The van der Waals surface area contributed by atoms with E-state index in [2.05, 4.69) is 6.07 Å². The molecule has 7 heteroatoms. The minimum Gasteiger partial charge on any atom is -0.391 e. The number of hydrogen-bond acceptors (Lipinski definition) is 6. The molecule has 4 aromatic rings. The van der Waals surface area contributed by atoms with Crippen LogP contribution in [-0.2, 0) is 10.8 Å². The Kier molecular flexibility index (Phi) is 7.73. The van der Waals surface area contributed by atoms with Crippen molar-refractivity contribution in [1.82, 2.24) is 4.98 Å². The number of rotatable bonds is 8. The van der Waals surface area contributed by atoms with Crippen LogP contribution in [0.15, 0.2) is 88.1 Å². The predicted molar refractivity (Wildman–Crippen MR) is 137 cm³/mol. The third-order valence-electron chi connectivity index (χ3n) is 5.00. The van der Waals surface area contributed by atoms with Crippen LogP contribution in [0.25, 0.3) is 21.7 Å². The van der Waals surface area contributed by atoms with Gasteiger partial charge in [-0.15, -0.1) is 23.1 Å². The lowest BCUT2D eigenvalue weighted by Gasteiger charge is -2.14. The fourth-order valence-corrected chi connectivity index (χ4v) is 6.18. The Morgan fingerprint density at radius 1 is 1.12 bits per heavy atom. The fourth-order valence-electron chi connectivity index (χ4n) is 3.31. The third kappa shape index (κ3) is 5.79. The molecule has 4 rings (SSSR count). The molecule has 2 unspecified atom stereocenters. The van der Waals surface area contributed by atoms with E-state index in [-0.39, 0.29) is 5.75 Å². The molecule has 33 heavy (non-hydrogen) atoms. The molecule has 0 radical (unpaired) electrons. The van der Waals surface area contributed by atoms with Gasteiger partial charge in [-0.3, -0.25) is 4.21 Å². The molecule has 0 spiro atoms. The van der Waals surface area contributed by atoms with Gasteiger partial charge in [0, 0.05) is 16.2 Å². The lowest BCUT2D eigenvalue weighted by atomic mass is 10.0. The van der Waals surface area contributed by atoms with Crippen LogP contribution < -0.4 is 0 Å². The van der Waals surface area contributed by atoms with E-state index in [0.717, 1.165) is 27.3 Å². The van der Waals surface area contributed by atoms with Crippen LogP contribution in [0.1, 0.15) is 11.1 Å². The SMILES string of the molecule is Cc1ccc(S(=O)CC(O)CSc2nc(-c3cccs3)cc(-c3ccccc3)c2C#N)cc1. The topological polar surface area (TPSA) is 74.0 Å². The number of aromatic nitrogens is 1. The molecule has 0 saturated carbocycles. The molecular formula is C26H22N2O2S3. The molecule has 0 fully saturated rings. The summed E-state index contributed by atoms with van der Waals surface area (Å²) in [5, 5.41) is 23.1. The molecule has 0 aliphatic carbocycles. The maximum Gasteiger partial charge on any atom is 0.115 e. The lowest BCUT2D eigenvalue weighted by molar-refractivity contribution is 0.224. The average Bonchev–Trinajstić information content (AvgIpc) is 3.38. The van der Waals surface area contributed by atoms with Gasteiger partial charge in [0.25, 0.3) is 0 Å². The number of aryl methyl sites for hydroxylation is 1. The second kappa shape index (κ2) is 10.9. The van der Waals surface area contributed by atoms with Crippen molar-refractivity contribution in [3.63, 3.8) is 0 Å². The van der Waals surface area contributed by atoms with Crippen LogP contribution in [0.2, 0.25) is 0 Å². The average molecular weight is 491 g/mol. The number of thiophene rings is 1. The van der Waals surface area contributed by atoms with E-state index in [1.165, 1.54) is 11.8 Å². The molecular weight excluding hydrogens is 468 g/mol. The van der Waals surface area contributed by atoms with Gasteiger partial charge in [-0.1, -0.05) is 54.1 Å². The van der Waals surface area contributed by atoms with Crippen molar-refractivity contribution >= 4 is 33.9 Å². The summed E-state index contributed by atoms with van der Waals surface area (Å²) in [4.78, 5) is 6.47. The Bertz CT molecular complexity index is 1280. The van der Waals surface area contributed by atoms with Crippen LogP contribution in [0, 0.1) is 18.3 Å². The minimum atomic E-state index is -1.30. The Balaban J connectivity index is 1.58. The van der Waals surface area contributed by atoms with Crippen LogP contribution in [0.5, 0.6) is 0 Å². The van der Waals surface area contributed by atoms with Gasteiger partial charge >= 0.3 is 0 Å². The van der Waals surface area contributed by atoms with E-state index in [4.69, 9.17) is 4.98 Å². The lowest BCUT2D eigenvalue weighted by Crippen LogP contribution is -2.19. The molecule has 2 aromatic heterocycles. The standard InChI is InChI=1S/C26H22N2O2S3/c1-18-9-11-21(12-10-18)33(30)17-20(29)16-32-26-23(15-27)22(19-6-3-2-4-7-19)14-24(28-26)25-8-5-13-31-25/h2-14,20,29H,16-17H2,1H3. The number of pyridine rings is 1. The van der Waals surface area contributed by atoms with E-state index >= 15 is 0 Å². The largest absolute Gasteiger partial charge is 0.391 e. The molecule has 4 nitrogen and oxygen atoms in total. The summed E-state index contributed by atoms with van der Waals surface area (Å²) in [6.45, 7) is 1.98. The number of hydrogen-bond donors (Lipinski definition) is 1. The zero-order chi connectivity index (χ0) is 23.2. The highest BCUT2D eigenvalue weighted by Crippen LogP contribution is 2.35. The predicted octanol–water partition coefficient (Wildman–Crippen LogP) is 5.92. The van der Waals surface area contributed by atoms with E-state index in [1.54, 1.807) is 11.3 Å². The fraction of sp³-hybridized carbons (Fsp3) is 0.154. The zero-order valence-electron chi connectivity index (χ0n) is 18.0. The van der Waals surface area contributed by atoms with Gasteiger partial charge in [0.05, 0.1) is 38.8 Å². The van der Waals surface area contributed by atoms with Gasteiger partial charge in [-0.25, -0.2) is 4.98 Å². The summed E-state index contributed by atoms with van der Waals surface area (Å²) in [6, 6.07) is 25.5. The van der Waals surface area contributed by atoms with Crippen LogP contribution in [0.4, 0.5) is 0 Å². The van der Waals surface area contributed by atoms with Gasteiger partial charge in [0.15, 0.2) is 0 Å². The Morgan fingerprint density at radius 3 is 2.55 bits per heavy atom. The van der Waals surface area contributed by atoms with E-state index < -0.39 is 16.9 Å². The summed E-state index contributed by atoms with van der Waals surface area (Å²) < 4.78 is 12.6. The molecule has 0 amide bonds. The molecule has 2 heterocycles. The summed E-state index contributed by atoms with van der Waals surface area (Å²) in [7, 11) is -1.30. The van der Waals surface area contributed by atoms with E-state index in [1.807, 2.05) is 85.1 Å². The van der Waals surface area contributed by atoms with Crippen molar-refractivity contribution in [3.05, 3.63) is 89.3 Å². The highest BCUT2D eigenvalue weighted by Gasteiger charge is 2.18. The molecule has 0 bridgehead atoms.